The molecule has 3 unspecified atom stereocenters. The zero-order valence-electron chi connectivity index (χ0n) is 13.7. The maximum atomic E-state index is 5.83. The highest BCUT2D eigenvalue weighted by molar-refractivity contribution is 5.04. The van der Waals surface area contributed by atoms with Crippen molar-refractivity contribution in [1.82, 2.24) is 5.32 Å². The summed E-state index contributed by atoms with van der Waals surface area (Å²) in [4.78, 5) is 0. The van der Waals surface area contributed by atoms with Gasteiger partial charge < -0.3 is 19.5 Å². The van der Waals surface area contributed by atoms with Crippen LogP contribution in [-0.4, -0.2) is 52.2 Å². The van der Waals surface area contributed by atoms with Gasteiger partial charge in [-0.05, 0) is 39.2 Å². The lowest BCUT2D eigenvalue weighted by Gasteiger charge is -2.53. The molecule has 4 nitrogen and oxygen atoms in total. The molecule has 0 bridgehead atoms. The summed E-state index contributed by atoms with van der Waals surface area (Å²) in [6.45, 7) is 10.8. The van der Waals surface area contributed by atoms with Crippen LogP contribution >= 0.6 is 0 Å². The van der Waals surface area contributed by atoms with Crippen LogP contribution in [0.5, 0.6) is 0 Å². The zero-order chi connectivity index (χ0) is 14.8. The molecule has 0 amide bonds. The SMILES string of the molecule is CCOC1CC(NCCCCOCCOC)C1(C)CC. The molecule has 0 aromatic heterocycles. The first kappa shape index (κ1) is 17.9. The molecule has 3 atom stereocenters. The van der Waals surface area contributed by atoms with Crippen LogP contribution in [0.2, 0.25) is 0 Å². The number of nitrogens with one attached hydrogen (secondary N) is 1. The van der Waals surface area contributed by atoms with Gasteiger partial charge in [0.1, 0.15) is 0 Å². The van der Waals surface area contributed by atoms with E-state index in [1.807, 2.05) is 0 Å². The number of hydrogen-bond donors (Lipinski definition) is 1. The normalized spacial score (nSPS) is 29.4. The molecule has 0 aliphatic heterocycles. The van der Waals surface area contributed by atoms with Crippen molar-refractivity contribution in [2.45, 2.75) is 58.6 Å². The molecule has 0 heterocycles. The minimum absolute atomic E-state index is 0.310. The fraction of sp³-hybridized carbons (Fsp3) is 1.00. The Balaban J connectivity index is 2.05. The maximum Gasteiger partial charge on any atom is 0.0700 e. The molecule has 1 aliphatic carbocycles. The van der Waals surface area contributed by atoms with Gasteiger partial charge in [0.2, 0.25) is 0 Å². The molecular weight excluding hydrogens is 254 g/mol. The van der Waals surface area contributed by atoms with Gasteiger partial charge in [-0.2, -0.15) is 0 Å². The van der Waals surface area contributed by atoms with Gasteiger partial charge in [0.05, 0.1) is 19.3 Å². The molecule has 1 aliphatic rings. The number of hydrogen-bond acceptors (Lipinski definition) is 4. The van der Waals surface area contributed by atoms with E-state index in [1.54, 1.807) is 7.11 Å². The molecule has 0 spiro atoms. The third kappa shape index (κ3) is 4.99. The fourth-order valence-corrected chi connectivity index (χ4v) is 2.92. The molecule has 0 saturated heterocycles. The van der Waals surface area contributed by atoms with Crippen LogP contribution in [0.4, 0.5) is 0 Å². The van der Waals surface area contributed by atoms with Crippen LogP contribution in [-0.2, 0) is 14.2 Å². The molecular formula is C16H33NO3. The summed E-state index contributed by atoms with van der Waals surface area (Å²) in [7, 11) is 1.70. The highest BCUT2D eigenvalue weighted by atomic mass is 16.5. The Morgan fingerprint density at radius 1 is 1.15 bits per heavy atom. The van der Waals surface area contributed by atoms with E-state index in [9.17, 15) is 0 Å². The first-order valence-corrected chi connectivity index (χ1v) is 8.10. The second kappa shape index (κ2) is 9.72. The summed E-state index contributed by atoms with van der Waals surface area (Å²) in [5.41, 5.74) is 0.310. The highest BCUT2D eigenvalue weighted by Crippen LogP contribution is 2.45. The Morgan fingerprint density at radius 3 is 2.60 bits per heavy atom. The molecule has 1 N–H and O–H groups in total. The highest BCUT2D eigenvalue weighted by Gasteiger charge is 2.50. The second-order valence-electron chi connectivity index (χ2n) is 5.86. The summed E-state index contributed by atoms with van der Waals surface area (Å²) in [6, 6.07) is 0.610. The first-order chi connectivity index (χ1) is 9.69. The van der Waals surface area contributed by atoms with Gasteiger partial charge in [0, 0.05) is 31.8 Å². The van der Waals surface area contributed by atoms with Gasteiger partial charge in [-0.3, -0.25) is 0 Å². The minimum atomic E-state index is 0.310. The van der Waals surface area contributed by atoms with Crippen molar-refractivity contribution in [3.05, 3.63) is 0 Å². The quantitative estimate of drug-likeness (QED) is 0.560. The van der Waals surface area contributed by atoms with Gasteiger partial charge in [-0.25, -0.2) is 0 Å². The monoisotopic (exact) mass is 287 g/mol. The fourth-order valence-electron chi connectivity index (χ4n) is 2.92. The van der Waals surface area contributed by atoms with E-state index in [2.05, 4.69) is 26.1 Å². The number of ether oxygens (including phenoxy) is 3. The van der Waals surface area contributed by atoms with Crippen LogP contribution < -0.4 is 5.32 Å². The van der Waals surface area contributed by atoms with Gasteiger partial charge in [0.15, 0.2) is 0 Å². The average molecular weight is 287 g/mol. The summed E-state index contributed by atoms with van der Waals surface area (Å²) >= 11 is 0. The van der Waals surface area contributed by atoms with Crippen LogP contribution in [0.15, 0.2) is 0 Å². The molecule has 1 rings (SSSR count). The van der Waals surface area contributed by atoms with Gasteiger partial charge in [-0.15, -0.1) is 0 Å². The molecule has 0 aromatic carbocycles. The topological polar surface area (TPSA) is 39.7 Å². The lowest BCUT2D eigenvalue weighted by Crippen LogP contribution is -2.62. The molecule has 4 heteroatoms. The number of unbranched alkanes of at least 4 members (excludes halogenated alkanes) is 1. The molecule has 1 saturated carbocycles. The Hall–Kier alpha value is -0.160. The van der Waals surface area contributed by atoms with E-state index < -0.39 is 0 Å². The van der Waals surface area contributed by atoms with Crippen molar-refractivity contribution in [3.8, 4) is 0 Å². The Bertz CT molecular complexity index is 250. The predicted octanol–water partition coefficient (Wildman–Crippen LogP) is 2.61. The standard InChI is InChI=1S/C16H33NO3/c1-5-16(3)14(13-15(16)20-6-2)17-9-7-8-10-19-12-11-18-4/h14-15,17H,5-13H2,1-4H3. The van der Waals surface area contributed by atoms with E-state index in [0.29, 0.717) is 30.8 Å². The minimum Gasteiger partial charge on any atom is -0.382 e. The summed E-state index contributed by atoms with van der Waals surface area (Å²) in [6.07, 6.45) is 5.05. The number of methoxy groups -OCH3 is 1. The van der Waals surface area contributed by atoms with E-state index in [-0.39, 0.29) is 0 Å². The lowest BCUT2D eigenvalue weighted by atomic mass is 9.61. The van der Waals surface area contributed by atoms with E-state index in [4.69, 9.17) is 14.2 Å². The third-order valence-corrected chi connectivity index (χ3v) is 4.65. The van der Waals surface area contributed by atoms with Gasteiger partial charge in [-0.1, -0.05) is 13.8 Å². The smallest absolute Gasteiger partial charge is 0.0700 e. The average Bonchev–Trinajstić information content (AvgIpc) is 2.46. The van der Waals surface area contributed by atoms with E-state index in [1.165, 1.54) is 12.8 Å². The number of rotatable bonds is 12. The molecule has 20 heavy (non-hydrogen) atoms. The molecule has 0 aromatic rings. The Kier molecular flexibility index (Phi) is 8.69. The molecule has 1 fully saturated rings. The summed E-state index contributed by atoms with van der Waals surface area (Å²) < 4.78 is 16.2. The predicted molar refractivity (Wildman–Crippen MR) is 82.1 cm³/mol. The van der Waals surface area contributed by atoms with Crippen LogP contribution in [0.1, 0.15) is 46.5 Å². The van der Waals surface area contributed by atoms with Crippen LogP contribution in [0.25, 0.3) is 0 Å². The van der Waals surface area contributed by atoms with Crippen molar-refractivity contribution in [3.63, 3.8) is 0 Å². The van der Waals surface area contributed by atoms with Crippen molar-refractivity contribution < 1.29 is 14.2 Å². The van der Waals surface area contributed by atoms with Gasteiger partial charge >= 0.3 is 0 Å². The Morgan fingerprint density at radius 2 is 1.95 bits per heavy atom. The van der Waals surface area contributed by atoms with Crippen molar-refractivity contribution in [2.75, 3.05) is 40.1 Å². The van der Waals surface area contributed by atoms with E-state index >= 15 is 0 Å². The van der Waals surface area contributed by atoms with Crippen molar-refractivity contribution in [1.29, 1.82) is 0 Å². The van der Waals surface area contributed by atoms with Gasteiger partial charge in [0.25, 0.3) is 0 Å². The molecule has 0 radical (unpaired) electrons. The lowest BCUT2D eigenvalue weighted by molar-refractivity contribution is -0.125. The van der Waals surface area contributed by atoms with Crippen LogP contribution in [0, 0.1) is 5.41 Å². The maximum absolute atomic E-state index is 5.83. The summed E-state index contributed by atoms with van der Waals surface area (Å²) in [5, 5.41) is 3.69. The van der Waals surface area contributed by atoms with Crippen molar-refractivity contribution >= 4 is 0 Å². The zero-order valence-corrected chi connectivity index (χ0v) is 13.7. The van der Waals surface area contributed by atoms with E-state index in [0.717, 1.165) is 32.6 Å². The summed E-state index contributed by atoms with van der Waals surface area (Å²) in [5.74, 6) is 0. The van der Waals surface area contributed by atoms with Crippen molar-refractivity contribution in [2.24, 2.45) is 5.41 Å². The second-order valence-corrected chi connectivity index (χ2v) is 5.86. The first-order valence-electron chi connectivity index (χ1n) is 8.10. The van der Waals surface area contributed by atoms with Crippen LogP contribution in [0.3, 0.4) is 0 Å². The largest absolute Gasteiger partial charge is 0.382 e. The third-order valence-electron chi connectivity index (χ3n) is 4.65. The Labute approximate surface area is 124 Å². The molecule has 120 valence electrons.